The molecule has 4 rings (SSSR count). The number of halogens is 3. The quantitative estimate of drug-likeness (QED) is 0.423. The molecule has 1 saturated heterocycles. The fourth-order valence-electron chi connectivity index (χ4n) is 4.26. The van der Waals surface area contributed by atoms with Crippen molar-refractivity contribution in [3.8, 4) is 5.75 Å². The van der Waals surface area contributed by atoms with E-state index in [2.05, 4.69) is 10.3 Å². The second kappa shape index (κ2) is 10.9. The van der Waals surface area contributed by atoms with Gasteiger partial charge in [-0.2, -0.15) is 13.2 Å². The van der Waals surface area contributed by atoms with Crippen molar-refractivity contribution in [2.24, 2.45) is 0 Å². The van der Waals surface area contributed by atoms with Crippen LogP contribution in [0, 0.1) is 6.92 Å². The van der Waals surface area contributed by atoms with Gasteiger partial charge >= 0.3 is 6.18 Å². The van der Waals surface area contributed by atoms with Crippen LogP contribution in [-0.4, -0.2) is 58.0 Å². The van der Waals surface area contributed by atoms with Crippen molar-refractivity contribution < 1.29 is 27.3 Å². The molecule has 36 heavy (non-hydrogen) atoms. The van der Waals surface area contributed by atoms with Gasteiger partial charge in [-0.05, 0) is 49.2 Å². The molecular formula is C25H27F3N4O3S. The second-order valence-corrected chi connectivity index (χ2v) is 10.2. The maximum absolute atomic E-state index is 13.5. The molecule has 1 amide bonds. The first-order valence-electron chi connectivity index (χ1n) is 11.4. The lowest BCUT2D eigenvalue weighted by Crippen LogP contribution is -2.43. The molecule has 2 aromatic carbocycles. The zero-order valence-corrected chi connectivity index (χ0v) is 21.0. The predicted molar refractivity (Wildman–Crippen MR) is 128 cm³/mol. The Hall–Kier alpha value is -3.05. The van der Waals surface area contributed by atoms with Crippen LogP contribution in [-0.2, 0) is 24.1 Å². The summed E-state index contributed by atoms with van der Waals surface area (Å²) in [7, 11) is 3.29. The number of carbonyl (C=O) groups is 1. The number of likely N-dealkylation sites (tertiary alicyclic amines) is 1. The summed E-state index contributed by atoms with van der Waals surface area (Å²) in [5, 5.41) is 7.70. The Kier molecular flexibility index (Phi) is 7.89. The normalized spacial score (nSPS) is 18.4. The van der Waals surface area contributed by atoms with E-state index in [9.17, 15) is 18.0 Å². The van der Waals surface area contributed by atoms with Crippen molar-refractivity contribution in [1.82, 2.24) is 20.1 Å². The predicted octanol–water partition coefficient (Wildman–Crippen LogP) is 4.80. The van der Waals surface area contributed by atoms with Crippen LogP contribution in [0.15, 0.2) is 58.1 Å². The Morgan fingerprint density at radius 3 is 2.61 bits per heavy atom. The Bertz CT molecular complexity index is 1190. The average molecular weight is 521 g/mol. The molecule has 3 aromatic rings. The Morgan fingerprint density at radius 2 is 1.97 bits per heavy atom. The summed E-state index contributed by atoms with van der Waals surface area (Å²) >= 11 is 1.65. The van der Waals surface area contributed by atoms with Crippen LogP contribution in [0.3, 0.4) is 0 Å². The van der Waals surface area contributed by atoms with Gasteiger partial charge < -0.3 is 9.64 Å². The Balaban J connectivity index is 1.53. The molecule has 1 aliphatic rings. The summed E-state index contributed by atoms with van der Waals surface area (Å²) < 4.78 is 49.7. The fraction of sp³-hybridized carbons (Fsp3) is 0.400. The Labute approximate surface area is 211 Å². The van der Waals surface area contributed by atoms with Crippen molar-refractivity contribution in [2.75, 3.05) is 20.7 Å². The van der Waals surface area contributed by atoms with E-state index in [1.54, 1.807) is 43.8 Å². The van der Waals surface area contributed by atoms with Crippen LogP contribution in [0.5, 0.6) is 5.75 Å². The third-order valence-corrected chi connectivity index (χ3v) is 7.38. The standard InChI is InChI=1S/C25H27F3N4O3S/c1-16-22(30-35-29-16)15-31(2)24(33)23-12-21(36-20-9-7-19(34-3)8-10-20)14-32(23)13-17-5-4-6-18(11-17)25(26,27)28/h4-11,21,23H,12-15H2,1-3H3/t21-,23+/m1/s1. The highest BCUT2D eigenvalue weighted by Gasteiger charge is 2.39. The number of hydrogen-bond donors (Lipinski definition) is 0. The van der Waals surface area contributed by atoms with Crippen molar-refractivity contribution in [2.45, 2.75) is 48.8 Å². The number of amides is 1. The summed E-state index contributed by atoms with van der Waals surface area (Å²) in [6, 6.07) is 12.5. The number of methoxy groups -OCH3 is 1. The number of thioether (sulfide) groups is 1. The molecule has 0 aliphatic carbocycles. The number of ether oxygens (including phenoxy) is 1. The van der Waals surface area contributed by atoms with E-state index in [1.165, 1.54) is 6.07 Å². The molecule has 2 atom stereocenters. The van der Waals surface area contributed by atoms with Crippen LogP contribution in [0.25, 0.3) is 0 Å². The molecule has 0 saturated carbocycles. The summed E-state index contributed by atoms with van der Waals surface area (Å²) in [5.41, 5.74) is 0.988. The molecule has 1 aliphatic heterocycles. The topological polar surface area (TPSA) is 71.7 Å². The maximum Gasteiger partial charge on any atom is 0.416 e. The van der Waals surface area contributed by atoms with Gasteiger partial charge in [-0.1, -0.05) is 28.5 Å². The second-order valence-electron chi connectivity index (χ2n) is 8.79. The molecule has 0 unspecified atom stereocenters. The number of carbonyl (C=O) groups excluding carboxylic acids is 1. The minimum Gasteiger partial charge on any atom is -0.497 e. The molecule has 11 heteroatoms. The van der Waals surface area contributed by atoms with E-state index in [4.69, 9.17) is 9.37 Å². The van der Waals surface area contributed by atoms with Crippen LogP contribution < -0.4 is 4.74 Å². The highest BCUT2D eigenvalue weighted by Crippen LogP contribution is 2.36. The van der Waals surface area contributed by atoms with Gasteiger partial charge in [0.1, 0.15) is 17.1 Å². The molecule has 0 spiro atoms. The minimum absolute atomic E-state index is 0.0852. The SMILES string of the molecule is COc1ccc(S[C@@H]2C[C@@H](C(=O)N(C)Cc3nonc3C)N(Cc3cccc(C(F)(F)F)c3)C2)cc1. The van der Waals surface area contributed by atoms with Crippen molar-refractivity contribution >= 4 is 17.7 Å². The number of benzene rings is 2. The lowest BCUT2D eigenvalue weighted by molar-refractivity contribution is -0.138. The monoisotopic (exact) mass is 520 g/mol. The summed E-state index contributed by atoms with van der Waals surface area (Å²) in [6.07, 6.45) is -3.86. The first-order valence-corrected chi connectivity index (χ1v) is 12.3. The molecule has 0 N–H and O–H groups in total. The number of rotatable bonds is 8. The Morgan fingerprint density at radius 1 is 1.22 bits per heavy atom. The van der Waals surface area contributed by atoms with Gasteiger partial charge in [0.2, 0.25) is 5.91 Å². The molecule has 0 radical (unpaired) electrons. The van der Waals surface area contributed by atoms with Crippen molar-refractivity contribution in [1.29, 1.82) is 0 Å². The van der Waals surface area contributed by atoms with Gasteiger partial charge in [0.25, 0.3) is 0 Å². The molecule has 7 nitrogen and oxygen atoms in total. The zero-order valence-electron chi connectivity index (χ0n) is 20.2. The average Bonchev–Trinajstić information content (AvgIpc) is 3.44. The first kappa shape index (κ1) is 26.0. The van der Waals surface area contributed by atoms with Crippen LogP contribution in [0.4, 0.5) is 13.2 Å². The first-order chi connectivity index (χ1) is 17.1. The lowest BCUT2D eigenvalue weighted by atomic mass is 10.1. The number of aryl methyl sites for hydroxylation is 1. The maximum atomic E-state index is 13.5. The highest BCUT2D eigenvalue weighted by atomic mass is 32.2. The van der Waals surface area contributed by atoms with Gasteiger partial charge in [-0.25, -0.2) is 4.63 Å². The minimum atomic E-state index is -4.42. The van der Waals surface area contributed by atoms with E-state index in [-0.39, 0.29) is 24.2 Å². The third kappa shape index (κ3) is 6.19. The molecular weight excluding hydrogens is 493 g/mol. The van der Waals surface area contributed by atoms with E-state index in [0.29, 0.717) is 29.9 Å². The van der Waals surface area contributed by atoms with E-state index < -0.39 is 17.8 Å². The van der Waals surface area contributed by atoms with Gasteiger partial charge in [0, 0.05) is 30.3 Å². The zero-order chi connectivity index (χ0) is 25.9. The van der Waals surface area contributed by atoms with Crippen molar-refractivity contribution in [3.63, 3.8) is 0 Å². The molecule has 1 fully saturated rings. The van der Waals surface area contributed by atoms with E-state index in [0.717, 1.165) is 22.8 Å². The number of nitrogens with zero attached hydrogens (tertiary/aromatic N) is 4. The molecule has 2 heterocycles. The molecule has 0 bridgehead atoms. The van der Waals surface area contributed by atoms with Crippen LogP contribution >= 0.6 is 11.8 Å². The number of aromatic nitrogens is 2. The lowest BCUT2D eigenvalue weighted by Gasteiger charge is -2.27. The van der Waals surface area contributed by atoms with Crippen LogP contribution in [0.2, 0.25) is 0 Å². The van der Waals surface area contributed by atoms with Gasteiger partial charge in [0.15, 0.2) is 0 Å². The molecule has 192 valence electrons. The largest absolute Gasteiger partial charge is 0.497 e. The van der Waals surface area contributed by atoms with Crippen LogP contribution in [0.1, 0.15) is 28.9 Å². The smallest absolute Gasteiger partial charge is 0.416 e. The summed E-state index contributed by atoms with van der Waals surface area (Å²) in [6.45, 7) is 2.78. The number of alkyl halides is 3. The molecule has 1 aromatic heterocycles. The fourth-order valence-corrected chi connectivity index (χ4v) is 5.48. The third-order valence-electron chi connectivity index (χ3n) is 6.16. The van der Waals surface area contributed by atoms with Gasteiger partial charge in [0.05, 0.1) is 25.3 Å². The summed E-state index contributed by atoms with van der Waals surface area (Å²) in [4.78, 5) is 18.1. The highest BCUT2D eigenvalue weighted by molar-refractivity contribution is 8.00. The number of hydrogen-bond acceptors (Lipinski definition) is 7. The van der Waals surface area contributed by atoms with E-state index in [1.807, 2.05) is 29.2 Å². The van der Waals surface area contributed by atoms with Gasteiger partial charge in [-0.3, -0.25) is 9.69 Å². The number of likely N-dealkylation sites (N-methyl/N-ethyl adjacent to an activating group) is 1. The van der Waals surface area contributed by atoms with E-state index >= 15 is 0 Å². The van der Waals surface area contributed by atoms with Crippen molar-refractivity contribution in [3.05, 3.63) is 71.0 Å². The summed E-state index contributed by atoms with van der Waals surface area (Å²) in [5.74, 6) is 0.631. The van der Waals surface area contributed by atoms with Gasteiger partial charge in [-0.15, -0.1) is 11.8 Å².